The maximum atomic E-state index is 13.4. The maximum Gasteiger partial charge on any atom is 0.587 e. The first-order valence-electron chi connectivity index (χ1n) is 9.82. The molecule has 2 heterocycles. The van der Waals surface area contributed by atoms with E-state index in [-0.39, 0.29) is 6.61 Å². The van der Waals surface area contributed by atoms with E-state index in [1.165, 1.54) is 10.8 Å². The summed E-state index contributed by atoms with van der Waals surface area (Å²) in [6.45, 7) is 1.44. The smallest absolute Gasteiger partial charge is 0.395 e. The van der Waals surface area contributed by atoms with Crippen LogP contribution in [0, 0.1) is 6.92 Å². The molecule has 0 saturated heterocycles. The van der Waals surface area contributed by atoms with Gasteiger partial charge in [0.25, 0.3) is 5.56 Å². The molecule has 0 unspecified atom stereocenters. The SMILES string of the molecule is Cc1cn([C@H]2C=C[C@@H](COP(=O)(Oc3ccccc3)Oc3ccccc3)O2)c(=O)[nH]c1=O. The number of nitrogens with one attached hydrogen (secondary N) is 1. The molecule has 10 heteroatoms. The van der Waals surface area contributed by atoms with Crippen LogP contribution in [0.3, 0.4) is 0 Å². The molecule has 0 radical (unpaired) electrons. The number of nitrogens with zero attached hydrogens (tertiary/aromatic N) is 1. The molecule has 0 aliphatic carbocycles. The van der Waals surface area contributed by atoms with Gasteiger partial charge in [0.05, 0.1) is 6.61 Å². The fourth-order valence-electron chi connectivity index (χ4n) is 2.97. The Morgan fingerprint density at radius 2 is 1.56 bits per heavy atom. The molecular weight excluding hydrogens is 435 g/mol. The summed E-state index contributed by atoms with van der Waals surface area (Å²) in [5, 5.41) is 0. The van der Waals surface area contributed by atoms with E-state index >= 15 is 0 Å². The number of rotatable bonds is 8. The van der Waals surface area contributed by atoms with E-state index in [1.807, 2.05) is 0 Å². The zero-order valence-corrected chi connectivity index (χ0v) is 18.0. The Morgan fingerprint density at radius 3 is 2.16 bits per heavy atom. The molecule has 1 aliphatic heterocycles. The number of benzene rings is 2. The van der Waals surface area contributed by atoms with Crippen LogP contribution in [0.25, 0.3) is 0 Å². The molecule has 9 nitrogen and oxygen atoms in total. The first kappa shape index (κ1) is 21.8. The Labute approximate surface area is 183 Å². The minimum Gasteiger partial charge on any atom is -0.395 e. The van der Waals surface area contributed by atoms with E-state index in [0.29, 0.717) is 17.1 Å². The molecule has 1 aliphatic rings. The van der Waals surface area contributed by atoms with Crippen molar-refractivity contribution in [3.8, 4) is 11.5 Å². The first-order chi connectivity index (χ1) is 15.4. The molecule has 32 heavy (non-hydrogen) atoms. The first-order valence-corrected chi connectivity index (χ1v) is 11.3. The van der Waals surface area contributed by atoms with Gasteiger partial charge in [-0.2, -0.15) is 0 Å². The Balaban J connectivity index is 1.46. The van der Waals surface area contributed by atoms with Gasteiger partial charge >= 0.3 is 13.5 Å². The van der Waals surface area contributed by atoms with Gasteiger partial charge < -0.3 is 13.8 Å². The van der Waals surface area contributed by atoms with Crippen LogP contribution < -0.4 is 20.3 Å². The summed E-state index contributed by atoms with van der Waals surface area (Å²) in [5.41, 5.74) is -0.675. The minimum atomic E-state index is -4.06. The van der Waals surface area contributed by atoms with Crippen molar-refractivity contribution in [1.82, 2.24) is 9.55 Å². The van der Waals surface area contributed by atoms with Crippen LogP contribution in [0.5, 0.6) is 11.5 Å². The highest BCUT2D eigenvalue weighted by atomic mass is 31.2. The standard InChI is InChI=1S/C22H21N2O7P/c1-16-14-24(22(26)23-21(16)25)20-13-12-19(29-20)15-28-32(27,30-17-8-4-2-5-9-17)31-18-10-6-3-7-11-18/h2-14,19-20H,15H2,1H3,(H,23,25,26)/t19-,20+/m0/s1. The lowest BCUT2D eigenvalue weighted by atomic mass is 10.3. The van der Waals surface area contributed by atoms with Gasteiger partial charge in [-0.1, -0.05) is 42.5 Å². The topological polar surface area (TPSA) is 109 Å². The number of aromatic nitrogens is 2. The summed E-state index contributed by atoms with van der Waals surface area (Å²) in [4.78, 5) is 25.9. The summed E-state index contributed by atoms with van der Waals surface area (Å²) >= 11 is 0. The summed E-state index contributed by atoms with van der Waals surface area (Å²) < 4.78 is 37.1. The lowest BCUT2D eigenvalue weighted by molar-refractivity contribution is -0.00952. The number of phosphoric acid groups is 1. The van der Waals surface area contributed by atoms with Gasteiger partial charge in [0.15, 0.2) is 6.23 Å². The number of hydrogen-bond donors (Lipinski definition) is 1. The van der Waals surface area contributed by atoms with Crippen molar-refractivity contribution in [2.45, 2.75) is 19.3 Å². The molecule has 0 saturated carbocycles. The lowest BCUT2D eigenvalue weighted by Gasteiger charge is -2.21. The van der Waals surface area contributed by atoms with Crippen LogP contribution in [-0.2, 0) is 13.8 Å². The van der Waals surface area contributed by atoms with E-state index in [1.54, 1.807) is 79.7 Å². The molecule has 1 aromatic heterocycles. The van der Waals surface area contributed by atoms with E-state index in [9.17, 15) is 14.2 Å². The summed E-state index contributed by atoms with van der Waals surface area (Å²) in [6.07, 6.45) is 3.38. The number of H-pyrrole nitrogens is 1. The number of aromatic amines is 1. The third-order valence-electron chi connectivity index (χ3n) is 4.54. The average Bonchev–Trinajstić information content (AvgIpc) is 3.25. The second kappa shape index (κ2) is 9.40. The van der Waals surface area contributed by atoms with E-state index in [2.05, 4.69) is 4.98 Å². The molecule has 4 rings (SSSR count). The van der Waals surface area contributed by atoms with Gasteiger partial charge in [0.1, 0.15) is 17.6 Å². The van der Waals surface area contributed by atoms with Crippen molar-refractivity contribution in [3.63, 3.8) is 0 Å². The number of ether oxygens (including phenoxy) is 1. The zero-order valence-electron chi connectivity index (χ0n) is 17.1. The fraction of sp³-hybridized carbons (Fsp3) is 0.182. The Bertz CT molecular complexity index is 1210. The number of aryl methyl sites for hydroxylation is 1. The highest BCUT2D eigenvalue weighted by Crippen LogP contribution is 2.49. The minimum absolute atomic E-state index is 0.152. The predicted octanol–water partition coefficient (Wildman–Crippen LogP) is 3.58. The number of hydrogen-bond acceptors (Lipinski definition) is 7. The van der Waals surface area contributed by atoms with Crippen LogP contribution >= 0.6 is 7.82 Å². The maximum absolute atomic E-state index is 13.4. The molecule has 2 aromatic carbocycles. The van der Waals surface area contributed by atoms with Gasteiger partial charge in [-0.15, -0.1) is 0 Å². The second-order valence-corrected chi connectivity index (χ2v) is 8.50. The second-order valence-electron chi connectivity index (χ2n) is 6.98. The predicted molar refractivity (Wildman–Crippen MR) is 117 cm³/mol. The molecule has 3 aromatic rings. The summed E-state index contributed by atoms with van der Waals surface area (Å²) in [5.74, 6) is 0.644. The van der Waals surface area contributed by atoms with Crippen LogP contribution in [0.4, 0.5) is 0 Å². The molecule has 1 N–H and O–H groups in total. The number of para-hydroxylation sites is 2. The zero-order chi connectivity index (χ0) is 22.6. The van der Waals surface area contributed by atoms with Crippen molar-refractivity contribution in [2.75, 3.05) is 6.61 Å². The normalized spacial score (nSPS) is 17.9. The van der Waals surface area contributed by atoms with Gasteiger partial charge in [-0.05, 0) is 37.3 Å². The van der Waals surface area contributed by atoms with Crippen molar-refractivity contribution in [1.29, 1.82) is 0 Å². The summed E-state index contributed by atoms with van der Waals surface area (Å²) in [7, 11) is -4.06. The van der Waals surface area contributed by atoms with Crippen LogP contribution in [0.2, 0.25) is 0 Å². The van der Waals surface area contributed by atoms with Crippen LogP contribution in [-0.4, -0.2) is 22.3 Å². The van der Waals surface area contributed by atoms with Gasteiger partial charge in [0, 0.05) is 11.8 Å². The molecule has 166 valence electrons. The van der Waals surface area contributed by atoms with Crippen LogP contribution in [0.1, 0.15) is 11.8 Å². The van der Waals surface area contributed by atoms with Crippen molar-refractivity contribution < 1.29 is 22.9 Å². The third kappa shape index (κ3) is 5.26. The Kier molecular flexibility index (Phi) is 6.41. The van der Waals surface area contributed by atoms with Crippen molar-refractivity contribution in [3.05, 3.63) is 105 Å². The van der Waals surface area contributed by atoms with Gasteiger partial charge in [-0.3, -0.25) is 18.9 Å². The van der Waals surface area contributed by atoms with Gasteiger partial charge in [0.2, 0.25) is 0 Å². The molecule has 2 atom stereocenters. The fourth-order valence-corrected chi connectivity index (χ4v) is 4.21. The number of phosphoric ester groups is 1. The van der Waals surface area contributed by atoms with Crippen LogP contribution in [0.15, 0.2) is 88.6 Å². The van der Waals surface area contributed by atoms with Crippen molar-refractivity contribution in [2.24, 2.45) is 0 Å². The molecular formula is C22H21N2O7P. The Hall–Kier alpha value is -3.39. The molecule has 0 bridgehead atoms. The van der Waals surface area contributed by atoms with E-state index in [0.717, 1.165) is 0 Å². The largest absolute Gasteiger partial charge is 0.587 e. The monoisotopic (exact) mass is 456 g/mol. The average molecular weight is 456 g/mol. The molecule has 0 fully saturated rings. The van der Waals surface area contributed by atoms with E-state index < -0.39 is 31.4 Å². The quantitative estimate of drug-likeness (QED) is 0.408. The highest BCUT2D eigenvalue weighted by Gasteiger charge is 2.33. The molecule has 0 amide bonds. The van der Waals surface area contributed by atoms with Gasteiger partial charge in [-0.25, -0.2) is 9.36 Å². The molecule has 0 spiro atoms. The highest BCUT2D eigenvalue weighted by molar-refractivity contribution is 7.49. The summed E-state index contributed by atoms with van der Waals surface area (Å²) in [6, 6.07) is 17.1. The lowest BCUT2D eigenvalue weighted by Crippen LogP contribution is -2.33. The van der Waals surface area contributed by atoms with Crippen molar-refractivity contribution >= 4 is 7.82 Å². The Morgan fingerprint density at radius 1 is 0.969 bits per heavy atom. The third-order valence-corrected chi connectivity index (χ3v) is 5.88. The van der Waals surface area contributed by atoms with E-state index in [4.69, 9.17) is 18.3 Å².